The van der Waals surface area contributed by atoms with Crippen molar-refractivity contribution in [3.05, 3.63) is 68.0 Å². The van der Waals surface area contributed by atoms with Gasteiger partial charge in [0.25, 0.3) is 5.91 Å². The molecule has 0 atom stereocenters. The minimum absolute atomic E-state index is 0.139. The smallest absolute Gasteiger partial charge is 0.255 e. The lowest BCUT2D eigenvalue weighted by Crippen LogP contribution is -2.24. The number of benzene rings is 2. The number of carbonyl (C=O) groups is 1. The molecule has 1 aromatic heterocycles. The summed E-state index contributed by atoms with van der Waals surface area (Å²) in [5.74, 6) is 0.349. The van der Waals surface area contributed by atoms with Crippen molar-refractivity contribution in [1.29, 1.82) is 0 Å². The summed E-state index contributed by atoms with van der Waals surface area (Å²) in [7, 11) is 0. The van der Waals surface area contributed by atoms with E-state index in [9.17, 15) is 4.79 Å². The van der Waals surface area contributed by atoms with Gasteiger partial charge in [-0.1, -0.05) is 35.9 Å². The first kappa shape index (κ1) is 18.0. The molecule has 4 rings (SSSR count). The van der Waals surface area contributed by atoms with Crippen molar-refractivity contribution in [3.8, 4) is 17.0 Å². The molecule has 1 amide bonds. The summed E-state index contributed by atoms with van der Waals surface area (Å²) in [6.07, 6.45) is 0.697. The topological polar surface area (TPSA) is 51.2 Å². The molecule has 0 unspecified atom stereocenters. The van der Waals surface area contributed by atoms with E-state index in [-0.39, 0.29) is 5.91 Å². The molecule has 0 saturated heterocycles. The SMILES string of the molecule is Cc1nc(-c2ccc(Cc3cc4c(c(Cl)c3C)OCCNC4=O)cc2)cs1. The number of ether oxygens (including phenoxy) is 1. The molecule has 0 saturated carbocycles. The third-order valence-corrected chi connectivity index (χ3v) is 5.94. The fourth-order valence-corrected chi connectivity index (χ4v) is 4.09. The Morgan fingerprint density at radius 2 is 2.04 bits per heavy atom. The third kappa shape index (κ3) is 3.57. The van der Waals surface area contributed by atoms with E-state index in [1.54, 1.807) is 11.3 Å². The van der Waals surface area contributed by atoms with Crippen LogP contribution < -0.4 is 10.1 Å². The Morgan fingerprint density at radius 3 is 2.74 bits per heavy atom. The van der Waals surface area contributed by atoms with Gasteiger partial charge in [0.1, 0.15) is 6.61 Å². The van der Waals surface area contributed by atoms with Crippen molar-refractivity contribution in [2.75, 3.05) is 13.2 Å². The fraction of sp³-hybridized carbons (Fsp3) is 0.238. The van der Waals surface area contributed by atoms with Crippen LogP contribution in [0.5, 0.6) is 5.75 Å². The molecule has 2 heterocycles. The summed E-state index contributed by atoms with van der Waals surface area (Å²) in [4.78, 5) is 16.8. The van der Waals surface area contributed by atoms with Gasteiger partial charge in [-0.15, -0.1) is 11.3 Å². The highest BCUT2D eigenvalue weighted by atomic mass is 35.5. The molecular weight excluding hydrogens is 380 g/mol. The fourth-order valence-electron chi connectivity index (χ4n) is 3.19. The number of thiazole rings is 1. The highest BCUT2D eigenvalue weighted by Crippen LogP contribution is 2.36. The molecule has 27 heavy (non-hydrogen) atoms. The standard InChI is InChI=1S/C21H19ClN2O2S/c1-12-16(10-17-20(19(12)22)26-8-7-23-21(17)25)9-14-3-5-15(6-4-14)18-11-27-13(2)24-18/h3-6,10-11H,7-9H2,1-2H3,(H,23,25). The van der Waals surface area contributed by atoms with E-state index in [4.69, 9.17) is 16.3 Å². The molecular formula is C21H19ClN2O2S. The van der Waals surface area contributed by atoms with E-state index in [2.05, 4.69) is 39.9 Å². The van der Waals surface area contributed by atoms with Crippen molar-refractivity contribution >= 4 is 28.8 Å². The number of aryl methyl sites for hydroxylation is 1. The van der Waals surface area contributed by atoms with Gasteiger partial charge in [0.2, 0.25) is 0 Å². The number of nitrogens with one attached hydrogen (secondary N) is 1. The van der Waals surface area contributed by atoms with Gasteiger partial charge in [-0.05, 0) is 43.0 Å². The largest absolute Gasteiger partial charge is 0.489 e. The lowest BCUT2D eigenvalue weighted by atomic mass is 9.96. The van der Waals surface area contributed by atoms with Crippen LogP contribution in [0, 0.1) is 13.8 Å². The molecule has 1 aliphatic heterocycles. The van der Waals surface area contributed by atoms with Gasteiger partial charge in [-0.2, -0.15) is 0 Å². The molecule has 0 radical (unpaired) electrons. The van der Waals surface area contributed by atoms with Crippen LogP contribution in [-0.2, 0) is 6.42 Å². The molecule has 0 bridgehead atoms. The second-order valence-electron chi connectivity index (χ2n) is 6.58. The van der Waals surface area contributed by atoms with Crippen molar-refractivity contribution < 1.29 is 9.53 Å². The van der Waals surface area contributed by atoms with Gasteiger partial charge in [0.15, 0.2) is 5.75 Å². The van der Waals surface area contributed by atoms with Crippen molar-refractivity contribution in [1.82, 2.24) is 10.3 Å². The number of rotatable bonds is 3. The molecule has 0 aliphatic carbocycles. The molecule has 2 aromatic carbocycles. The first-order chi connectivity index (χ1) is 13.0. The average Bonchev–Trinajstić information content (AvgIpc) is 3.01. The normalized spacial score (nSPS) is 13.5. The lowest BCUT2D eigenvalue weighted by molar-refractivity contribution is 0.0957. The molecule has 4 nitrogen and oxygen atoms in total. The van der Waals surface area contributed by atoms with Gasteiger partial charge < -0.3 is 10.1 Å². The molecule has 1 N–H and O–H groups in total. The second-order valence-corrected chi connectivity index (χ2v) is 8.02. The van der Waals surface area contributed by atoms with Crippen LogP contribution in [0.3, 0.4) is 0 Å². The summed E-state index contributed by atoms with van der Waals surface area (Å²) >= 11 is 8.16. The number of aromatic nitrogens is 1. The molecule has 0 spiro atoms. The lowest BCUT2D eigenvalue weighted by Gasteiger charge is -2.15. The maximum Gasteiger partial charge on any atom is 0.255 e. The Balaban J connectivity index is 1.64. The van der Waals surface area contributed by atoms with Crippen LogP contribution in [0.15, 0.2) is 35.7 Å². The maximum atomic E-state index is 12.3. The summed E-state index contributed by atoms with van der Waals surface area (Å²) in [5, 5.41) is 6.49. The maximum absolute atomic E-state index is 12.3. The highest BCUT2D eigenvalue weighted by Gasteiger charge is 2.22. The molecule has 0 fully saturated rings. The summed E-state index contributed by atoms with van der Waals surface area (Å²) < 4.78 is 5.68. The molecule has 6 heteroatoms. The molecule has 3 aromatic rings. The summed E-state index contributed by atoms with van der Waals surface area (Å²) in [6, 6.07) is 10.3. The number of nitrogens with zero attached hydrogens (tertiary/aromatic N) is 1. The van der Waals surface area contributed by atoms with Crippen molar-refractivity contribution in [3.63, 3.8) is 0 Å². The number of hydrogen-bond donors (Lipinski definition) is 1. The molecule has 138 valence electrons. The number of amides is 1. The third-order valence-electron chi connectivity index (χ3n) is 4.72. The first-order valence-corrected chi connectivity index (χ1v) is 10.0. The van der Waals surface area contributed by atoms with E-state index in [0.29, 0.717) is 35.9 Å². The minimum Gasteiger partial charge on any atom is -0.489 e. The zero-order valence-electron chi connectivity index (χ0n) is 15.1. The Bertz CT molecular complexity index is 1010. The van der Waals surface area contributed by atoms with Gasteiger partial charge >= 0.3 is 0 Å². The van der Waals surface area contributed by atoms with Gasteiger partial charge in [0.05, 0.1) is 27.8 Å². The average molecular weight is 399 g/mol. The van der Waals surface area contributed by atoms with Crippen LogP contribution in [-0.4, -0.2) is 24.0 Å². The van der Waals surface area contributed by atoms with E-state index < -0.39 is 0 Å². The number of carbonyl (C=O) groups excluding carboxylic acids is 1. The van der Waals surface area contributed by atoms with Gasteiger partial charge in [-0.25, -0.2) is 4.98 Å². The van der Waals surface area contributed by atoms with Crippen LogP contribution in [0.4, 0.5) is 0 Å². The van der Waals surface area contributed by atoms with Crippen molar-refractivity contribution in [2.45, 2.75) is 20.3 Å². The second kappa shape index (κ2) is 7.33. The summed E-state index contributed by atoms with van der Waals surface area (Å²) in [6.45, 7) is 4.88. The Morgan fingerprint density at radius 1 is 1.26 bits per heavy atom. The number of hydrogen-bond acceptors (Lipinski definition) is 4. The predicted octanol–water partition coefficient (Wildman–Crippen LogP) is 4.79. The predicted molar refractivity (Wildman–Crippen MR) is 109 cm³/mol. The number of halogens is 1. The minimum atomic E-state index is -0.139. The van der Waals surface area contributed by atoms with Crippen molar-refractivity contribution in [2.24, 2.45) is 0 Å². The van der Waals surface area contributed by atoms with E-state index in [0.717, 1.165) is 33.0 Å². The zero-order chi connectivity index (χ0) is 19.0. The molecule has 1 aliphatic rings. The van der Waals surface area contributed by atoms with E-state index in [1.807, 2.05) is 19.9 Å². The highest BCUT2D eigenvalue weighted by molar-refractivity contribution is 7.09. The summed E-state index contributed by atoms with van der Waals surface area (Å²) in [5.41, 5.74) is 5.74. The zero-order valence-corrected chi connectivity index (χ0v) is 16.7. The van der Waals surface area contributed by atoms with E-state index in [1.165, 1.54) is 0 Å². The van der Waals surface area contributed by atoms with E-state index >= 15 is 0 Å². The Hall–Kier alpha value is -2.37. The monoisotopic (exact) mass is 398 g/mol. The van der Waals surface area contributed by atoms with Crippen LogP contribution >= 0.6 is 22.9 Å². The Kier molecular flexibility index (Phi) is 4.89. The quantitative estimate of drug-likeness (QED) is 0.689. The van der Waals surface area contributed by atoms with Crippen LogP contribution in [0.2, 0.25) is 5.02 Å². The Labute approximate surface area is 167 Å². The van der Waals surface area contributed by atoms with Gasteiger partial charge in [0, 0.05) is 10.9 Å². The first-order valence-electron chi connectivity index (χ1n) is 8.77. The van der Waals surface area contributed by atoms with Gasteiger partial charge in [-0.3, -0.25) is 4.79 Å². The van der Waals surface area contributed by atoms with Crippen LogP contribution in [0.1, 0.15) is 32.1 Å². The van der Waals surface area contributed by atoms with Crippen LogP contribution in [0.25, 0.3) is 11.3 Å². The number of fused-ring (bicyclic) bond motifs is 1.